The minimum atomic E-state index is -3.76. The minimum absolute atomic E-state index is 0.0592. The number of hydrogen-bond donors (Lipinski definition) is 4. The van der Waals surface area contributed by atoms with E-state index >= 15 is 0 Å². The van der Waals surface area contributed by atoms with Gasteiger partial charge in [0.15, 0.2) is 0 Å². The van der Waals surface area contributed by atoms with E-state index in [4.69, 9.17) is 9.47 Å². The topological polar surface area (TPSA) is 134 Å². The maximum absolute atomic E-state index is 13.0. The molecular formula is C22H22O8S. The van der Waals surface area contributed by atoms with Crippen molar-refractivity contribution in [3.63, 3.8) is 0 Å². The van der Waals surface area contributed by atoms with Gasteiger partial charge in [0, 0.05) is 0 Å². The summed E-state index contributed by atoms with van der Waals surface area (Å²) < 4.78 is 36.8. The van der Waals surface area contributed by atoms with Gasteiger partial charge in [-0.15, -0.1) is 0 Å². The SMILES string of the molecule is O=S(=O)(c1ccc(O[C@H]2O[C@H](CO)[C@@H](O)[C@H](O)[C@H]2O)cc1)c1ccc2ccccc2c1. The van der Waals surface area contributed by atoms with Crippen molar-refractivity contribution in [1.82, 2.24) is 0 Å². The molecule has 0 aliphatic carbocycles. The van der Waals surface area contributed by atoms with Gasteiger partial charge >= 0.3 is 0 Å². The first-order chi connectivity index (χ1) is 14.8. The Kier molecular flexibility index (Phi) is 5.98. The van der Waals surface area contributed by atoms with Crippen molar-refractivity contribution in [3.05, 3.63) is 66.7 Å². The highest BCUT2D eigenvalue weighted by Gasteiger charge is 2.44. The van der Waals surface area contributed by atoms with Gasteiger partial charge in [-0.05, 0) is 47.2 Å². The van der Waals surface area contributed by atoms with E-state index in [0.29, 0.717) is 0 Å². The van der Waals surface area contributed by atoms with Crippen LogP contribution in [-0.2, 0) is 14.6 Å². The molecule has 8 nitrogen and oxygen atoms in total. The van der Waals surface area contributed by atoms with Gasteiger partial charge in [0.1, 0.15) is 30.2 Å². The van der Waals surface area contributed by atoms with Crippen molar-refractivity contribution >= 4 is 20.6 Å². The van der Waals surface area contributed by atoms with Crippen LogP contribution in [0, 0.1) is 0 Å². The van der Waals surface area contributed by atoms with E-state index in [1.165, 1.54) is 24.3 Å². The van der Waals surface area contributed by atoms with E-state index in [1.807, 2.05) is 24.3 Å². The highest BCUT2D eigenvalue weighted by molar-refractivity contribution is 7.91. The van der Waals surface area contributed by atoms with E-state index in [-0.39, 0.29) is 15.5 Å². The van der Waals surface area contributed by atoms with Crippen LogP contribution in [0.2, 0.25) is 0 Å². The molecule has 0 radical (unpaired) electrons. The maximum atomic E-state index is 13.0. The summed E-state index contributed by atoms with van der Waals surface area (Å²) in [5.74, 6) is 0.182. The summed E-state index contributed by atoms with van der Waals surface area (Å²) in [5, 5.41) is 40.7. The minimum Gasteiger partial charge on any atom is -0.462 e. The molecule has 9 heteroatoms. The fourth-order valence-corrected chi connectivity index (χ4v) is 4.76. The molecule has 0 unspecified atom stereocenters. The van der Waals surface area contributed by atoms with Gasteiger partial charge in [0.2, 0.25) is 16.1 Å². The molecule has 31 heavy (non-hydrogen) atoms. The lowest BCUT2D eigenvalue weighted by Crippen LogP contribution is -2.60. The maximum Gasteiger partial charge on any atom is 0.229 e. The van der Waals surface area contributed by atoms with Gasteiger partial charge in [0.25, 0.3) is 0 Å². The third kappa shape index (κ3) is 4.16. The second-order valence-corrected chi connectivity index (χ2v) is 9.25. The van der Waals surface area contributed by atoms with Crippen molar-refractivity contribution < 1.29 is 38.3 Å². The monoisotopic (exact) mass is 446 g/mol. The predicted molar refractivity (Wildman–Crippen MR) is 110 cm³/mol. The van der Waals surface area contributed by atoms with E-state index < -0.39 is 47.2 Å². The van der Waals surface area contributed by atoms with Crippen molar-refractivity contribution in [2.75, 3.05) is 6.61 Å². The number of ether oxygens (including phenoxy) is 2. The molecule has 4 rings (SSSR count). The fourth-order valence-electron chi connectivity index (χ4n) is 3.47. The van der Waals surface area contributed by atoms with Crippen LogP contribution in [-0.4, -0.2) is 66.2 Å². The Morgan fingerprint density at radius 3 is 2.13 bits per heavy atom. The highest BCUT2D eigenvalue weighted by atomic mass is 32.2. The zero-order chi connectivity index (χ0) is 22.2. The fraction of sp³-hybridized carbons (Fsp3) is 0.273. The number of aliphatic hydroxyl groups excluding tert-OH is 4. The average molecular weight is 446 g/mol. The Bertz CT molecular complexity index is 1160. The van der Waals surface area contributed by atoms with Crippen molar-refractivity contribution in [2.24, 2.45) is 0 Å². The summed E-state index contributed by atoms with van der Waals surface area (Å²) >= 11 is 0. The Morgan fingerprint density at radius 2 is 1.45 bits per heavy atom. The third-order valence-corrected chi connectivity index (χ3v) is 7.03. The molecule has 1 fully saturated rings. The van der Waals surface area contributed by atoms with E-state index in [9.17, 15) is 28.8 Å². The van der Waals surface area contributed by atoms with Crippen LogP contribution < -0.4 is 4.74 Å². The second kappa shape index (κ2) is 8.54. The van der Waals surface area contributed by atoms with Crippen molar-refractivity contribution in [3.8, 4) is 5.75 Å². The number of rotatable bonds is 5. The molecule has 3 aromatic rings. The molecule has 1 heterocycles. The average Bonchev–Trinajstić information content (AvgIpc) is 2.79. The molecule has 0 spiro atoms. The number of fused-ring (bicyclic) bond motifs is 1. The molecule has 5 atom stereocenters. The van der Waals surface area contributed by atoms with E-state index in [2.05, 4.69) is 0 Å². The van der Waals surface area contributed by atoms with E-state index in [1.54, 1.807) is 18.2 Å². The van der Waals surface area contributed by atoms with Crippen LogP contribution >= 0.6 is 0 Å². The molecule has 1 aliphatic rings. The number of benzene rings is 3. The molecule has 164 valence electrons. The lowest BCUT2D eigenvalue weighted by Gasteiger charge is -2.39. The zero-order valence-corrected chi connectivity index (χ0v) is 17.1. The molecule has 4 N–H and O–H groups in total. The standard InChI is InChI=1S/C22H22O8S/c23-12-18-19(24)20(25)21(26)22(30-18)29-15-6-9-16(10-7-15)31(27,28)17-8-5-13-3-1-2-4-14(13)11-17/h1-11,18-26H,12H2/t18-,19-,20+,21-,22+/m1/s1. The van der Waals surface area contributed by atoms with Crippen LogP contribution in [0.25, 0.3) is 10.8 Å². The lowest BCUT2D eigenvalue weighted by molar-refractivity contribution is -0.277. The normalized spacial score (nSPS) is 26.6. The molecule has 1 saturated heterocycles. The first-order valence-corrected chi connectivity index (χ1v) is 11.1. The molecule has 0 amide bonds. The van der Waals surface area contributed by atoms with E-state index in [0.717, 1.165) is 10.8 Å². The van der Waals surface area contributed by atoms with Crippen LogP contribution in [0.4, 0.5) is 0 Å². The predicted octanol–water partition coefficient (Wildman–Crippen LogP) is 0.851. The molecule has 1 aliphatic heterocycles. The molecule has 3 aromatic carbocycles. The molecular weight excluding hydrogens is 424 g/mol. The van der Waals surface area contributed by atoms with Crippen molar-refractivity contribution in [1.29, 1.82) is 0 Å². The molecule has 0 aromatic heterocycles. The van der Waals surface area contributed by atoms with Gasteiger partial charge in [-0.2, -0.15) is 0 Å². The van der Waals surface area contributed by atoms with Gasteiger partial charge in [-0.3, -0.25) is 0 Å². The number of aliphatic hydroxyl groups is 4. The molecule has 0 bridgehead atoms. The zero-order valence-electron chi connectivity index (χ0n) is 16.3. The summed E-state index contributed by atoms with van der Waals surface area (Å²) in [4.78, 5) is 0.220. The summed E-state index contributed by atoms with van der Waals surface area (Å²) in [6.45, 7) is -0.576. The van der Waals surface area contributed by atoms with Gasteiger partial charge < -0.3 is 29.9 Å². The Hall–Kier alpha value is -2.53. The van der Waals surface area contributed by atoms with Crippen LogP contribution in [0.15, 0.2) is 76.5 Å². The Morgan fingerprint density at radius 1 is 0.806 bits per heavy atom. The number of hydrogen-bond acceptors (Lipinski definition) is 8. The third-order valence-electron chi connectivity index (χ3n) is 5.27. The van der Waals surface area contributed by atoms with Gasteiger partial charge in [-0.25, -0.2) is 8.42 Å². The van der Waals surface area contributed by atoms with Gasteiger partial charge in [-0.1, -0.05) is 30.3 Å². The Balaban J connectivity index is 1.54. The van der Waals surface area contributed by atoms with Crippen LogP contribution in [0.5, 0.6) is 5.75 Å². The second-order valence-electron chi connectivity index (χ2n) is 7.30. The van der Waals surface area contributed by atoms with Crippen LogP contribution in [0.3, 0.4) is 0 Å². The Labute approximate surface area is 178 Å². The molecule has 0 saturated carbocycles. The largest absolute Gasteiger partial charge is 0.462 e. The summed E-state index contributed by atoms with van der Waals surface area (Å²) in [6, 6.07) is 17.9. The summed E-state index contributed by atoms with van der Waals surface area (Å²) in [5.41, 5.74) is 0. The first kappa shape index (κ1) is 21.7. The summed E-state index contributed by atoms with van der Waals surface area (Å²) in [6.07, 6.45) is -7.06. The quantitative estimate of drug-likeness (QED) is 0.453. The van der Waals surface area contributed by atoms with Crippen molar-refractivity contribution in [2.45, 2.75) is 40.5 Å². The highest BCUT2D eigenvalue weighted by Crippen LogP contribution is 2.28. The van der Waals surface area contributed by atoms with Gasteiger partial charge in [0.05, 0.1) is 16.4 Å². The first-order valence-electron chi connectivity index (χ1n) is 9.62. The lowest BCUT2D eigenvalue weighted by atomic mass is 9.99. The van der Waals surface area contributed by atoms with Crippen LogP contribution in [0.1, 0.15) is 0 Å². The number of sulfone groups is 1. The smallest absolute Gasteiger partial charge is 0.229 e. The summed E-state index contributed by atoms with van der Waals surface area (Å²) in [7, 11) is -3.76.